The molecule has 74 valence electrons. The van der Waals surface area contributed by atoms with Gasteiger partial charge in [0.05, 0.1) is 17.3 Å². The molecule has 0 fully saturated rings. The smallest absolute Gasteiger partial charge is 0.0896 e. The van der Waals surface area contributed by atoms with Gasteiger partial charge < -0.3 is 5.11 Å². The Morgan fingerprint density at radius 2 is 2.43 bits per heavy atom. The zero-order valence-electron chi connectivity index (χ0n) is 7.77. The van der Waals surface area contributed by atoms with E-state index in [2.05, 4.69) is 15.2 Å². The maximum atomic E-state index is 9.79. The van der Waals surface area contributed by atoms with Crippen molar-refractivity contribution in [3.8, 4) is 0 Å². The van der Waals surface area contributed by atoms with Crippen LogP contribution < -0.4 is 0 Å². The predicted molar refractivity (Wildman–Crippen MR) is 54.1 cm³/mol. The van der Waals surface area contributed by atoms with Crippen molar-refractivity contribution in [2.45, 2.75) is 19.4 Å². The maximum Gasteiger partial charge on any atom is 0.0896 e. The molecule has 0 radical (unpaired) electrons. The van der Waals surface area contributed by atoms with Crippen LogP contribution >= 0.6 is 11.3 Å². The average Bonchev–Trinajstić information content (AvgIpc) is 2.75. The molecule has 0 spiro atoms. The minimum absolute atomic E-state index is 0.492. The van der Waals surface area contributed by atoms with Gasteiger partial charge in [-0.2, -0.15) is 5.10 Å². The van der Waals surface area contributed by atoms with Crippen molar-refractivity contribution in [2.24, 2.45) is 0 Å². The molecule has 1 unspecified atom stereocenters. The Labute approximate surface area is 85.6 Å². The molecule has 1 atom stereocenters. The highest BCUT2D eigenvalue weighted by molar-refractivity contribution is 7.11. The molecule has 0 aliphatic rings. The van der Waals surface area contributed by atoms with Gasteiger partial charge in [0.1, 0.15) is 0 Å². The predicted octanol–water partition coefficient (Wildman–Crippen LogP) is 1.45. The van der Waals surface area contributed by atoms with Crippen molar-refractivity contribution >= 4 is 11.3 Å². The van der Waals surface area contributed by atoms with Gasteiger partial charge in [-0.15, -0.1) is 11.3 Å². The van der Waals surface area contributed by atoms with E-state index in [1.54, 1.807) is 23.7 Å². The monoisotopic (exact) mass is 209 g/mol. The highest BCUT2D eigenvalue weighted by atomic mass is 32.1. The van der Waals surface area contributed by atoms with Gasteiger partial charge in [0, 0.05) is 29.3 Å². The molecule has 0 amide bonds. The third kappa shape index (κ3) is 2.00. The van der Waals surface area contributed by atoms with Crippen LogP contribution in [0.15, 0.2) is 18.6 Å². The van der Waals surface area contributed by atoms with Crippen LogP contribution in [-0.4, -0.2) is 20.3 Å². The van der Waals surface area contributed by atoms with E-state index in [9.17, 15) is 5.11 Å². The average molecular weight is 209 g/mol. The Morgan fingerprint density at radius 1 is 1.57 bits per heavy atom. The van der Waals surface area contributed by atoms with Crippen LogP contribution in [0.2, 0.25) is 0 Å². The van der Waals surface area contributed by atoms with Gasteiger partial charge in [-0.1, -0.05) is 0 Å². The number of aliphatic hydroxyl groups excluding tert-OH is 1. The molecule has 0 saturated carbocycles. The first kappa shape index (κ1) is 9.36. The fourth-order valence-electron chi connectivity index (χ4n) is 1.25. The van der Waals surface area contributed by atoms with Gasteiger partial charge in [-0.05, 0) is 6.92 Å². The first-order valence-corrected chi connectivity index (χ1v) is 5.15. The number of aromatic amines is 1. The molecule has 0 aromatic carbocycles. The lowest BCUT2D eigenvalue weighted by Gasteiger charge is -2.04. The van der Waals surface area contributed by atoms with Crippen LogP contribution in [0.3, 0.4) is 0 Å². The summed E-state index contributed by atoms with van der Waals surface area (Å²) in [4.78, 5) is 5.23. The van der Waals surface area contributed by atoms with Crippen molar-refractivity contribution < 1.29 is 5.11 Å². The van der Waals surface area contributed by atoms with E-state index in [1.807, 2.05) is 13.1 Å². The van der Waals surface area contributed by atoms with Crippen LogP contribution in [0.5, 0.6) is 0 Å². The minimum atomic E-state index is -0.492. The van der Waals surface area contributed by atoms with E-state index in [4.69, 9.17) is 0 Å². The number of thiazole rings is 1. The van der Waals surface area contributed by atoms with E-state index in [0.29, 0.717) is 6.42 Å². The summed E-state index contributed by atoms with van der Waals surface area (Å²) >= 11 is 1.61. The van der Waals surface area contributed by atoms with Gasteiger partial charge in [0.2, 0.25) is 0 Å². The topological polar surface area (TPSA) is 61.8 Å². The van der Waals surface area contributed by atoms with E-state index in [-0.39, 0.29) is 0 Å². The summed E-state index contributed by atoms with van der Waals surface area (Å²) in [6.45, 7) is 1.96. The maximum absolute atomic E-state index is 9.79. The lowest BCUT2D eigenvalue weighted by atomic mass is 10.1. The minimum Gasteiger partial charge on any atom is -0.388 e. The van der Waals surface area contributed by atoms with Gasteiger partial charge in [0.25, 0.3) is 0 Å². The summed E-state index contributed by atoms with van der Waals surface area (Å²) < 4.78 is 0. The number of nitrogens with zero attached hydrogens (tertiary/aromatic N) is 2. The molecule has 14 heavy (non-hydrogen) atoms. The molecule has 0 aliphatic carbocycles. The van der Waals surface area contributed by atoms with Crippen molar-refractivity contribution in [1.29, 1.82) is 0 Å². The largest absolute Gasteiger partial charge is 0.388 e. The molecule has 5 heteroatoms. The normalized spacial score (nSPS) is 13.0. The van der Waals surface area contributed by atoms with Gasteiger partial charge in [-0.25, -0.2) is 4.98 Å². The van der Waals surface area contributed by atoms with E-state index >= 15 is 0 Å². The Bertz CT molecular complexity index is 396. The Morgan fingerprint density at radius 3 is 3.00 bits per heavy atom. The first-order chi connectivity index (χ1) is 6.75. The standard InChI is InChI=1S/C9H11N3OS/c1-6-10-5-8(14-6)2-9(13)7-3-11-12-4-7/h3-5,9,13H,2H2,1H3,(H,11,12). The highest BCUT2D eigenvalue weighted by Crippen LogP contribution is 2.20. The van der Waals surface area contributed by atoms with Crippen molar-refractivity contribution in [3.05, 3.63) is 34.0 Å². The summed E-state index contributed by atoms with van der Waals surface area (Å²) in [6, 6.07) is 0. The molecule has 0 aliphatic heterocycles. The number of aliphatic hydroxyl groups is 1. The lowest BCUT2D eigenvalue weighted by molar-refractivity contribution is 0.179. The van der Waals surface area contributed by atoms with Crippen LogP contribution in [0.4, 0.5) is 0 Å². The van der Waals surface area contributed by atoms with Gasteiger partial charge in [-0.3, -0.25) is 5.10 Å². The zero-order chi connectivity index (χ0) is 9.97. The number of nitrogens with one attached hydrogen (secondary N) is 1. The molecular weight excluding hydrogens is 198 g/mol. The second-order valence-electron chi connectivity index (χ2n) is 3.10. The summed E-state index contributed by atoms with van der Waals surface area (Å²) in [5, 5.41) is 17.3. The second kappa shape index (κ2) is 3.89. The molecule has 2 aromatic heterocycles. The first-order valence-electron chi connectivity index (χ1n) is 4.34. The molecule has 4 nitrogen and oxygen atoms in total. The van der Waals surface area contributed by atoms with Gasteiger partial charge >= 0.3 is 0 Å². The molecule has 2 aromatic rings. The molecular formula is C9H11N3OS. The van der Waals surface area contributed by atoms with Crippen LogP contribution in [0.25, 0.3) is 0 Å². The number of aryl methyl sites for hydroxylation is 1. The van der Waals surface area contributed by atoms with E-state index in [0.717, 1.165) is 15.4 Å². The second-order valence-corrected chi connectivity index (χ2v) is 4.42. The van der Waals surface area contributed by atoms with Gasteiger partial charge in [0.15, 0.2) is 0 Å². The fraction of sp³-hybridized carbons (Fsp3) is 0.333. The summed E-state index contributed by atoms with van der Waals surface area (Å²) in [5.41, 5.74) is 0.816. The third-order valence-electron chi connectivity index (χ3n) is 1.97. The zero-order valence-corrected chi connectivity index (χ0v) is 8.58. The Balaban J connectivity index is 2.05. The quantitative estimate of drug-likeness (QED) is 0.804. The van der Waals surface area contributed by atoms with E-state index in [1.165, 1.54) is 0 Å². The van der Waals surface area contributed by atoms with Crippen molar-refractivity contribution in [2.75, 3.05) is 0 Å². The van der Waals surface area contributed by atoms with Crippen LogP contribution in [0.1, 0.15) is 21.6 Å². The number of hydrogen-bond acceptors (Lipinski definition) is 4. The highest BCUT2D eigenvalue weighted by Gasteiger charge is 2.10. The van der Waals surface area contributed by atoms with Crippen LogP contribution in [-0.2, 0) is 6.42 Å². The van der Waals surface area contributed by atoms with Crippen molar-refractivity contribution in [1.82, 2.24) is 15.2 Å². The van der Waals surface area contributed by atoms with Crippen LogP contribution in [0, 0.1) is 6.92 Å². The summed E-state index contributed by atoms with van der Waals surface area (Å²) in [5.74, 6) is 0. The van der Waals surface area contributed by atoms with Crippen molar-refractivity contribution in [3.63, 3.8) is 0 Å². The van der Waals surface area contributed by atoms with E-state index < -0.39 is 6.10 Å². The molecule has 2 heterocycles. The third-order valence-corrected chi connectivity index (χ3v) is 2.90. The number of hydrogen-bond donors (Lipinski definition) is 2. The molecule has 0 saturated heterocycles. The molecule has 2 rings (SSSR count). The SMILES string of the molecule is Cc1ncc(CC(O)c2cn[nH]c2)s1. The summed E-state index contributed by atoms with van der Waals surface area (Å²) in [6.07, 6.45) is 5.26. The Hall–Kier alpha value is -1.20. The molecule has 2 N–H and O–H groups in total. The number of H-pyrrole nitrogens is 1. The fourth-order valence-corrected chi connectivity index (χ4v) is 2.08. The lowest BCUT2D eigenvalue weighted by Crippen LogP contribution is -1.98. The molecule has 0 bridgehead atoms. The Kier molecular flexibility index (Phi) is 2.60. The summed E-state index contributed by atoms with van der Waals surface area (Å²) in [7, 11) is 0. The number of rotatable bonds is 3. The number of aromatic nitrogens is 3.